The number of aliphatic hydroxyl groups is 1. The number of carbonyl (C=O) groups excluding carboxylic acids is 3. The van der Waals surface area contributed by atoms with E-state index in [0.717, 1.165) is 50.5 Å². The summed E-state index contributed by atoms with van der Waals surface area (Å²) in [5, 5.41) is 11.9. The summed E-state index contributed by atoms with van der Waals surface area (Å²) in [6.45, 7) is 0.449. The van der Waals surface area contributed by atoms with E-state index < -0.39 is 36.1 Å². The van der Waals surface area contributed by atoms with Crippen LogP contribution in [0.15, 0.2) is 42.0 Å². The Morgan fingerprint density at radius 2 is 1.78 bits per heavy atom. The molecule has 10 heteroatoms. The van der Waals surface area contributed by atoms with Gasteiger partial charge in [-0.1, -0.05) is 24.3 Å². The number of hydrogen-bond acceptors (Lipinski definition) is 8. The normalized spacial score (nSPS) is 34.5. The number of ether oxygens (including phenoxy) is 4. The van der Waals surface area contributed by atoms with E-state index in [-0.39, 0.29) is 31.4 Å². The van der Waals surface area contributed by atoms with Crippen molar-refractivity contribution in [2.24, 2.45) is 17.8 Å². The van der Waals surface area contributed by atoms with E-state index in [9.17, 15) is 14.4 Å². The molecule has 0 radical (unpaired) electrons. The van der Waals surface area contributed by atoms with Crippen LogP contribution in [0.2, 0.25) is 0 Å². The number of nitrogens with zero attached hydrogens (tertiary/aromatic N) is 1. The summed E-state index contributed by atoms with van der Waals surface area (Å²) in [4.78, 5) is 41.9. The summed E-state index contributed by atoms with van der Waals surface area (Å²) in [6, 6.07) is 6.84. The fourth-order valence-corrected chi connectivity index (χ4v) is 8.12. The third-order valence-corrected chi connectivity index (χ3v) is 10.9. The van der Waals surface area contributed by atoms with Crippen LogP contribution >= 0.6 is 0 Å². The minimum absolute atomic E-state index is 0.144. The molecule has 0 aromatic heterocycles. The predicted octanol–water partition coefficient (Wildman–Crippen LogP) is 3.52. The quantitative estimate of drug-likeness (QED) is 0.297. The van der Waals surface area contributed by atoms with Crippen LogP contribution in [0.3, 0.4) is 0 Å². The molecular weight excluding hydrogens is 588 g/mol. The van der Waals surface area contributed by atoms with Gasteiger partial charge in [0.2, 0.25) is 11.8 Å². The van der Waals surface area contributed by atoms with E-state index in [1.807, 2.05) is 18.2 Å². The zero-order valence-electron chi connectivity index (χ0n) is 26.2. The first-order chi connectivity index (χ1) is 22.4. The highest BCUT2D eigenvalue weighted by Crippen LogP contribution is 2.59. The van der Waals surface area contributed by atoms with Crippen LogP contribution in [-0.4, -0.2) is 89.8 Å². The van der Waals surface area contributed by atoms with Crippen LogP contribution in [0.4, 0.5) is 0 Å². The third-order valence-electron chi connectivity index (χ3n) is 10.9. The number of epoxide rings is 1. The second kappa shape index (κ2) is 12.2. The van der Waals surface area contributed by atoms with Crippen LogP contribution in [0.25, 0.3) is 6.08 Å². The number of carbonyl (C=O) groups is 3. The molecule has 3 aliphatic heterocycles. The number of esters is 1. The smallest absolute Gasteiger partial charge is 0.338 e. The van der Waals surface area contributed by atoms with Gasteiger partial charge in [-0.15, -0.1) is 0 Å². The zero-order chi connectivity index (χ0) is 31.4. The lowest BCUT2D eigenvalue weighted by atomic mass is 9.89. The fourth-order valence-electron chi connectivity index (χ4n) is 8.12. The Balaban J connectivity index is 0.985. The Kier molecular flexibility index (Phi) is 8.03. The summed E-state index contributed by atoms with van der Waals surface area (Å²) in [6.07, 6.45) is 14.4. The molecule has 3 heterocycles. The van der Waals surface area contributed by atoms with Crippen LogP contribution in [0.5, 0.6) is 0 Å². The molecule has 8 rings (SSSR count). The van der Waals surface area contributed by atoms with E-state index in [0.29, 0.717) is 60.5 Å². The van der Waals surface area contributed by atoms with Crippen molar-refractivity contribution in [3.63, 3.8) is 0 Å². The van der Waals surface area contributed by atoms with Gasteiger partial charge in [-0.05, 0) is 87.5 Å². The molecule has 0 bridgehead atoms. The van der Waals surface area contributed by atoms with Crippen molar-refractivity contribution in [1.29, 1.82) is 0 Å². The molecule has 246 valence electrons. The van der Waals surface area contributed by atoms with Crippen molar-refractivity contribution < 1.29 is 38.4 Å². The Morgan fingerprint density at radius 3 is 2.50 bits per heavy atom. The standard InChI is InChI=1S/C36H44N2O8/c39-17-15-37-33(40)27-2-1-16-38(27)34(41)24-19-30(32-31(20-24)45-36(46-32,25-10-11-25)26-12-13-26)44-35(42)23-8-5-21(6-9-23)3-4-22-7-14-28-29(18-22)43-28/h3-6,8-9,20,22,25-32,39H,1-2,7,10-19H2,(H,37,40). The number of benzene rings is 1. The first-order valence-corrected chi connectivity index (χ1v) is 17.3. The molecule has 7 atom stereocenters. The Morgan fingerprint density at radius 1 is 1.00 bits per heavy atom. The zero-order valence-corrected chi connectivity index (χ0v) is 26.2. The maximum Gasteiger partial charge on any atom is 0.338 e. The average Bonchev–Trinajstić information content (AvgIpc) is 3.99. The van der Waals surface area contributed by atoms with Gasteiger partial charge in [0.05, 0.1) is 24.4 Å². The molecule has 10 nitrogen and oxygen atoms in total. The highest BCUT2D eigenvalue weighted by Gasteiger charge is 2.64. The van der Waals surface area contributed by atoms with E-state index in [1.54, 1.807) is 17.0 Å². The summed E-state index contributed by atoms with van der Waals surface area (Å²) in [5.74, 6) is -0.484. The lowest BCUT2D eigenvalue weighted by molar-refractivity contribution is -0.209. The number of allylic oxidation sites excluding steroid dienone is 1. The maximum absolute atomic E-state index is 13.9. The van der Waals surface area contributed by atoms with E-state index >= 15 is 0 Å². The average molecular weight is 633 g/mol. The van der Waals surface area contributed by atoms with Crippen LogP contribution < -0.4 is 5.32 Å². The van der Waals surface area contributed by atoms with Gasteiger partial charge >= 0.3 is 5.97 Å². The molecule has 0 spiro atoms. The van der Waals surface area contributed by atoms with Gasteiger partial charge in [-0.25, -0.2) is 4.79 Å². The van der Waals surface area contributed by atoms with E-state index in [4.69, 9.17) is 24.1 Å². The molecule has 6 fully saturated rings. The number of likely N-dealkylation sites (tertiary alicyclic amines) is 1. The van der Waals surface area contributed by atoms with Gasteiger partial charge < -0.3 is 34.3 Å². The highest BCUT2D eigenvalue weighted by atomic mass is 16.8. The van der Waals surface area contributed by atoms with Crippen LogP contribution in [-0.2, 0) is 28.5 Å². The number of rotatable bonds is 10. The molecule has 1 aromatic rings. The molecular formula is C36H44N2O8. The Bertz CT molecular complexity index is 1400. The van der Waals surface area contributed by atoms with Crippen molar-refractivity contribution in [2.75, 3.05) is 19.7 Å². The summed E-state index contributed by atoms with van der Waals surface area (Å²) in [7, 11) is 0. The Labute approximate surface area is 269 Å². The van der Waals surface area contributed by atoms with Crippen molar-refractivity contribution in [3.05, 3.63) is 53.1 Å². The van der Waals surface area contributed by atoms with Crippen molar-refractivity contribution >= 4 is 23.9 Å². The number of nitrogens with one attached hydrogen (secondary N) is 1. The topological polar surface area (TPSA) is 127 Å². The second-order valence-electron chi connectivity index (χ2n) is 14.2. The minimum atomic E-state index is -0.704. The molecule has 2 amide bonds. The summed E-state index contributed by atoms with van der Waals surface area (Å²) >= 11 is 0. The molecule has 3 saturated heterocycles. The monoisotopic (exact) mass is 632 g/mol. The number of aliphatic hydroxyl groups excluding tert-OH is 1. The maximum atomic E-state index is 13.9. The molecule has 1 aromatic carbocycles. The van der Waals surface area contributed by atoms with Crippen molar-refractivity contribution in [3.8, 4) is 0 Å². The van der Waals surface area contributed by atoms with E-state index in [1.165, 1.54) is 0 Å². The summed E-state index contributed by atoms with van der Waals surface area (Å²) in [5.41, 5.74) is 1.95. The number of hydrogen-bond donors (Lipinski definition) is 2. The molecule has 46 heavy (non-hydrogen) atoms. The predicted molar refractivity (Wildman–Crippen MR) is 166 cm³/mol. The molecule has 2 N–H and O–H groups in total. The second-order valence-corrected chi connectivity index (χ2v) is 14.2. The molecule has 3 saturated carbocycles. The van der Waals surface area contributed by atoms with Crippen LogP contribution in [0, 0.1) is 17.8 Å². The third kappa shape index (κ3) is 5.93. The van der Waals surface area contributed by atoms with Gasteiger partial charge in [0.15, 0.2) is 5.79 Å². The largest absolute Gasteiger partial charge is 0.456 e. The van der Waals surface area contributed by atoms with Gasteiger partial charge in [0.25, 0.3) is 0 Å². The van der Waals surface area contributed by atoms with Gasteiger partial charge in [-0.3, -0.25) is 9.59 Å². The molecule has 7 aliphatic rings. The van der Waals surface area contributed by atoms with Crippen molar-refractivity contribution in [1.82, 2.24) is 10.2 Å². The number of fused-ring (bicyclic) bond motifs is 2. The Hall–Kier alpha value is -3.05. The van der Waals surface area contributed by atoms with Gasteiger partial charge in [-0.2, -0.15) is 0 Å². The first-order valence-electron chi connectivity index (χ1n) is 17.3. The SMILES string of the molecule is O=C(OC1CC(C(=O)N2CCCC2C(=O)NCCO)=CC2OC(C3CC3)(C3CC3)OC21)c1ccc(C=CC2CCC3OC3C2)cc1. The lowest BCUT2D eigenvalue weighted by Gasteiger charge is -2.33. The minimum Gasteiger partial charge on any atom is -0.456 e. The van der Waals surface area contributed by atoms with Crippen LogP contribution in [0.1, 0.15) is 80.1 Å². The highest BCUT2D eigenvalue weighted by molar-refractivity contribution is 5.98. The summed E-state index contributed by atoms with van der Waals surface area (Å²) < 4.78 is 25.3. The van der Waals surface area contributed by atoms with Crippen molar-refractivity contribution in [2.45, 2.75) is 107 Å². The lowest BCUT2D eigenvalue weighted by Crippen LogP contribution is -2.49. The molecule has 4 aliphatic carbocycles. The van der Waals surface area contributed by atoms with Gasteiger partial charge in [0, 0.05) is 36.9 Å². The first kappa shape index (κ1) is 30.3. The fraction of sp³-hybridized carbons (Fsp3) is 0.639. The van der Waals surface area contributed by atoms with E-state index in [2.05, 4.69) is 17.5 Å². The van der Waals surface area contributed by atoms with Gasteiger partial charge in [0.1, 0.15) is 24.4 Å². The number of amides is 2. The molecule has 7 unspecified atom stereocenters.